The van der Waals surface area contributed by atoms with Gasteiger partial charge in [0.1, 0.15) is 0 Å². The van der Waals surface area contributed by atoms with E-state index < -0.39 is 15.7 Å². The van der Waals surface area contributed by atoms with Crippen LogP contribution in [0.2, 0.25) is 19.6 Å². The first-order valence-electron chi connectivity index (χ1n) is 7.16. The van der Waals surface area contributed by atoms with Crippen molar-refractivity contribution < 1.29 is 13.6 Å². The number of benzene rings is 1. The maximum Gasteiger partial charge on any atom is 0.219 e. The van der Waals surface area contributed by atoms with E-state index in [-0.39, 0.29) is 12.2 Å². The Morgan fingerprint density at radius 1 is 1.24 bits per heavy atom. The van der Waals surface area contributed by atoms with E-state index in [2.05, 4.69) is 0 Å². The van der Waals surface area contributed by atoms with Gasteiger partial charge in [0.05, 0.1) is 6.29 Å². The summed E-state index contributed by atoms with van der Waals surface area (Å²) in [7, 11) is -3.11. The molecule has 0 fully saturated rings. The molecule has 0 radical (unpaired) electrons. The van der Waals surface area contributed by atoms with Crippen LogP contribution in [0.3, 0.4) is 0 Å². The van der Waals surface area contributed by atoms with Crippen LogP contribution in [0.15, 0.2) is 30.3 Å². The Hall–Kier alpha value is -0.903. The second kappa shape index (κ2) is 7.39. The summed E-state index contributed by atoms with van der Waals surface area (Å²) in [6.07, 6.45) is 1.37. The number of aryl methyl sites for hydroxylation is 1. The van der Waals surface area contributed by atoms with E-state index in [1.165, 1.54) is 11.8 Å². The second-order valence-corrected chi connectivity index (χ2v) is 13.6. The number of carbonyl (C=O) groups excluding carboxylic acids is 1. The van der Waals surface area contributed by atoms with Gasteiger partial charge in [-0.15, -0.1) is 0 Å². The fraction of sp³-hybridized carbons (Fsp3) is 0.533. The predicted molar refractivity (Wildman–Crippen MR) is 90.4 cm³/mol. The van der Waals surface area contributed by atoms with Crippen molar-refractivity contribution in [3.8, 4) is 0 Å². The maximum atomic E-state index is 13.1. The highest BCUT2D eigenvalue weighted by Crippen LogP contribution is 2.50. The van der Waals surface area contributed by atoms with Crippen molar-refractivity contribution in [2.24, 2.45) is 0 Å². The van der Waals surface area contributed by atoms with Crippen LogP contribution < -0.4 is 0 Å². The summed E-state index contributed by atoms with van der Waals surface area (Å²) < 4.78 is 19.1. The standard InChI is InChI=1S/C15H26NO3PSi/c1-14(17)16(2)13-20(18,19-21(3,4)5)12-11-15-9-7-6-8-10-15/h6-10H,11-13H2,1-5H3. The topological polar surface area (TPSA) is 46.6 Å². The number of nitrogens with zero attached hydrogens (tertiary/aromatic N) is 1. The van der Waals surface area contributed by atoms with E-state index in [1.54, 1.807) is 7.05 Å². The number of rotatable bonds is 7. The van der Waals surface area contributed by atoms with Crippen LogP contribution in [0.25, 0.3) is 0 Å². The molecule has 0 spiro atoms. The number of amides is 1. The van der Waals surface area contributed by atoms with Crippen LogP contribution in [-0.2, 0) is 20.0 Å². The lowest BCUT2D eigenvalue weighted by Crippen LogP contribution is -2.31. The van der Waals surface area contributed by atoms with Crippen molar-refractivity contribution in [2.45, 2.75) is 33.0 Å². The molecule has 0 aliphatic rings. The second-order valence-electron chi connectivity index (χ2n) is 6.34. The zero-order valence-corrected chi connectivity index (χ0v) is 15.5. The van der Waals surface area contributed by atoms with E-state index in [0.29, 0.717) is 12.6 Å². The minimum absolute atomic E-state index is 0.0888. The molecule has 1 unspecified atom stereocenters. The zero-order chi connectivity index (χ0) is 16.1. The first-order chi connectivity index (χ1) is 9.61. The molecule has 0 N–H and O–H groups in total. The quantitative estimate of drug-likeness (QED) is 0.565. The number of hydrogen-bond acceptors (Lipinski definition) is 3. The van der Waals surface area contributed by atoms with Gasteiger partial charge < -0.3 is 9.11 Å². The molecule has 1 aromatic rings. The third kappa shape index (κ3) is 7.07. The minimum Gasteiger partial charge on any atom is -0.369 e. The molecule has 21 heavy (non-hydrogen) atoms. The summed E-state index contributed by atoms with van der Waals surface area (Å²) in [4.78, 5) is 12.9. The number of hydrogen-bond donors (Lipinski definition) is 0. The normalized spacial score (nSPS) is 14.5. The molecule has 0 aromatic heterocycles. The van der Waals surface area contributed by atoms with Crippen LogP contribution >= 0.6 is 7.37 Å². The Morgan fingerprint density at radius 2 is 1.81 bits per heavy atom. The molecule has 1 rings (SSSR count). The van der Waals surface area contributed by atoms with Gasteiger partial charge in [0.2, 0.25) is 13.3 Å². The van der Waals surface area contributed by atoms with Crippen molar-refractivity contribution in [1.82, 2.24) is 4.90 Å². The molecule has 0 bridgehead atoms. The fourth-order valence-electron chi connectivity index (χ4n) is 2.01. The third-order valence-corrected chi connectivity index (χ3v) is 8.27. The Balaban J connectivity index is 2.81. The highest BCUT2D eigenvalue weighted by Gasteiger charge is 2.32. The van der Waals surface area contributed by atoms with Crippen molar-refractivity contribution >= 4 is 21.6 Å². The minimum atomic E-state index is -2.85. The van der Waals surface area contributed by atoms with E-state index in [4.69, 9.17) is 4.21 Å². The molecular formula is C15H26NO3PSi. The van der Waals surface area contributed by atoms with E-state index in [0.717, 1.165) is 5.56 Å². The van der Waals surface area contributed by atoms with Crippen molar-refractivity contribution in [2.75, 3.05) is 19.5 Å². The van der Waals surface area contributed by atoms with Crippen LogP contribution in [0.1, 0.15) is 12.5 Å². The molecule has 6 heteroatoms. The van der Waals surface area contributed by atoms with Gasteiger partial charge in [-0.1, -0.05) is 30.3 Å². The van der Waals surface area contributed by atoms with Gasteiger partial charge >= 0.3 is 0 Å². The van der Waals surface area contributed by atoms with E-state index >= 15 is 0 Å². The summed E-state index contributed by atoms with van der Waals surface area (Å²) >= 11 is 0. The number of carbonyl (C=O) groups is 1. The molecule has 0 saturated heterocycles. The van der Waals surface area contributed by atoms with Crippen molar-refractivity contribution in [3.05, 3.63) is 35.9 Å². The third-order valence-electron chi connectivity index (χ3n) is 2.99. The molecule has 0 aliphatic carbocycles. The Labute approximate surface area is 129 Å². The fourth-order valence-corrected chi connectivity index (χ4v) is 8.19. The van der Waals surface area contributed by atoms with Crippen LogP contribution in [-0.4, -0.2) is 38.6 Å². The van der Waals surface area contributed by atoms with Gasteiger partial charge in [-0.2, -0.15) is 0 Å². The Morgan fingerprint density at radius 3 is 2.29 bits per heavy atom. The van der Waals surface area contributed by atoms with Crippen LogP contribution in [0.4, 0.5) is 0 Å². The van der Waals surface area contributed by atoms with Gasteiger partial charge in [-0.3, -0.25) is 9.36 Å². The first kappa shape index (κ1) is 18.1. The maximum absolute atomic E-state index is 13.1. The summed E-state index contributed by atoms with van der Waals surface area (Å²) in [5.74, 6) is -0.0888. The highest BCUT2D eigenvalue weighted by atomic mass is 31.2. The SMILES string of the molecule is CC(=O)N(C)CP(=O)(CCc1ccccc1)O[Si](C)(C)C. The van der Waals surface area contributed by atoms with Gasteiger partial charge in [0.15, 0.2) is 8.32 Å². The van der Waals surface area contributed by atoms with Crippen LogP contribution in [0, 0.1) is 0 Å². The highest BCUT2D eigenvalue weighted by molar-refractivity contribution is 7.60. The Bertz CT molecular complexity index is 513. The van der Waals surface area contributed by atoms with E-state index in [9.17, 15) is 9.36 Å². The molecular weight excluding hydrogens is 301 g/mol. The molecule has 0 saturated carbocycles. The lowest BCUT2D eigenvalue weighted by molar-refractivity contribution is -0.126. The largest absolute Gasteiger partial charge is 0.369 e. The smallest absolute Gasteiger partial charge is 0.219 e. The van der Waals surface area contributed by atoms with Crippen molar-refractivity contribution in [3.63, 3.8) is 0 Å². The summed E-state index contributed by atoms with van der Waals surface area (Å²) in [5, 5.41) is 0. The van der Waals surface area contributed by atoms with Gasteiger partial charge in [0, 0.05) is 20.1 Å². The van der Waals surface area contributed by atoms with Gasteiger partial charge in [0.25, 0.3) is 0 Å². The van der Waals surface area contributed by atoms with Crippen molar-refractivity contribution in [1.29, 1.82) is 0 Å². The zero-order valence-electron chi connectivity index (χ0n) is 13.6. The van der Waals surface area contributed by atoms with E-state index in [1.807, 2.05) is 50.0 Å². The average Bonchev–Trinajstić information content (AvgIpc) is 2.35. The molecule has 0 heterocycles. The first-order valence-corrected chi connectivity index (χ1v) is 12.6. The summed E-state index contributed by atoms with van der Waals surface area (Å²) in [5.41, 5.74) is 1.14. The average molecular weight is 327 g/mol. The molecule has 1 atom stereocenters. The lowest BCUT2D eigenvalue weighted by atomic mass is 10.2. The Kier molecular flexibility index (Phi) is 6.38. The monoisotopic (exact) mass is 327 g/mol. The lowest BCUT2D eigenvalue weighted by Gasteiger charge is -2.29. The molecule has 118 valence electrons. The van der Waals surface area contributed by atoms with Gasteiger partial charge in [-0.25, -0.2) is 0 Å². The molecule has 0 aliphatic heterocycles. The molecule has 1 aromatic carbocycles. The predicted octanol–water partition coefficient (Wildman–Crippen LogP) is 3.79. The summed E-state index contributed by atoms with van der Waals surface area (Å²) in [6.45, 7) is 7.55. The molecule has 1 amide bonds. The van der Waals surface area contributed by atoms with Crippen LogP contribution in [0.5, 0.6) is 0 Å². The van der Waals surface area contributed by atoms with Gasteiger partial charge in [-0.05, 0) is 31.6 Å². The molecule has 4 nitrogen and oxygen atoms in total. The summed E-state index contributed by atoms with van der Waals surface area (Å²) in [6, 6.07) is 9.95.